The summed E-state index contributed by atoms with van der Waals surface area (Å²) in [7, 11) is -3.37. The number of aromatic nitrogens is 2. The first kappa shape index (κ1) is 16.3. The van der Waals surface area contributed by atoms with Crippen LogP contribution in [-0.2, 0) is 9.84 Å². The predicted octanol–water partition coefficient (Wildman–Crippen LogP) is 2.86. The molecule has 0 saturated carbocycles. The number of carbonyl (C=O) groups is 1. The molecule has 3 aromatic rings. The van der Waals surface area contributed by atoms with Gasteiger partial charge in [-0.15, -0.1) is 10.2 Å². The molecule has 0 atom stereocenters. The van der Waals surface area contributed by atoms with E-state index in [0.29, 0.717) is 10.1 Å². The third-order valence-electron chi connectivity index (χ3n) is 3.19. The molecule has 6 nitrogen and oxygen atoms in total. The zero-order chi connectivity index (χ0) is 17.2. The van der Waals surface area contributed by atoms with E-state index in [1.807, 2.05) is 30.3 Å². The minimum absolute atomic E-state index is 0.0948. The van der Waals surface area contributed by atoms with Crippen LogP contribution >= 0.6 is 11.3 Å². The number of rotatable bonds is 4. The number of nitrogens with zero attached hydrogens (tertiary/aromatic N) is 2. The molecule has 0 bridgehead atoms. The largest absolute Gasteiger partial charge is 0.296 e. The number of nitrogens with one attached hydrogen (secondary N) is 1. The van der Waals surface area contributed by atoms with Crippen LogP contribution in [0.2, 0.25) is 0 Å². The number of hydrogen-bond donors (Lipinski definition) is 1. The van der Waals surface area contributed by atoms with Crippen LogP contribution in [0.3, 0.4) is 0 Å². The molecule has 1 heterocycles. The highest BCUT2D eigenvalue weighted by Crippen LogP contribution is 2.26. The summed E-state index contributed by atoms with van der Waals surface area (Å²) in [4.78, 5) is 12.4. The SMILES string of the molecule is CS(=O)(=O)c1cccc(C(=O)Nc2nnc(-c3ccccc3)s2)c1. The first-order valence-corrected chi connectivity index (χ1v) is 9.65. The van der Waals surface area contributed by atoms with Crippen molar-refractivity contribution in [3.05, 3.63) is 60.2 Å². The molecule has 0 unspecified atom stereocenters. The second kappa shape index (κ2) is 6.50. The fourth-order valence-electron chi connectivity index (χ4n) is 2.01. The Kier molecular flexibility index (Phi) is 4.41. The summed E-state index contributed by atoms with van der Waals surface area (Å²) < 4.78 is 23.1. The summed E-state index contributed by atoms with van der Waals surface area (Å²) in [6, 6.07) is 15.4. The molecule has 24 heavy (non-hydrogen) atoms. The van der Waals surface area contributed by atoms with Crippen LogP contribution in [0, 0.1) is 0 Å². The van der Waals surface area contributed by atoms with Crippen molar-refractivity contribution in [3.63, 3.8) is 0 Å². The Labute approximate surface area is 143 Å². The summed E-state index contributed by atoms with van der Waals surface area (Å²) in [5.74, 6) is -0.434. The zero-order valence-corrected chi connectivity index (χ0v) is 14.3. The molecule has 0 saturated heterocycles. The van der Waals surface area contributed by atoms with Gasteiger partial charge in [0.25, 0.3) is 5.91 Å². The lowest BCUT2D eigenvalue weighted by molar-refractivity contribution is 0.102. The van der Waals surface area contributed by atoms with Crippen molar-refractivity contribution in [2.75, 3.05) is 11.6 Å². The van der Waals surface area contributed by atoms with E-state index in [0.717, 1.165) is 11.8 Å². The summed E-state index contributed by atoms with van der Waals surface area (Å²) >= 11 is 1.25. The number of anilines is 1. The number of carbonyl (C=O) groups excluding carboxylic acids is 1. The summed E-state index contributed by atoms with van der Waals surface area (Å²) in [5.41, 5.74) is 1.16. The van der Waals surface area contributed by atoms with Gasteiger partial charge in [0.05, 0.1) is 4.90 Å². The fourth-order valence-corrected chi connectivity index (χ4v) is 3.42. The fraction of sp³-hybridized carbons (Fsp3) is 0.0625. The van der Waals surface area contributed by atoms with Gasteiger partial charge in [0.1, 0.15) is 5.01 Å². The number of benzene rings is 2. The number of sulfone groups is 1. The lowest BCUT2D eigenvalue weighted by Crippen LogP contribution is -2.12. The molecule has 0 spiro atoms. The maximum absolute atomic E-state index is 12.3. The van der Waals surface area contributed by atoms with E-state index in [1.165, 1.54) is 29.5 Å². The van der Waals surface area contributed by atoms with Gasteiger partial charge in [0.15, 0.2) is 9.84 Å². The van der Waals surface area contributed by atoms with Gasteiger partial charge in [-0.05, 0) is 18.2 Å². The topological polar surface area (TPSA) is 89.0 Å². The van der Waals surface area contributed by atoms with Crippen LogP contribution in [0.4, 0.5) is 5.13 Å². The highest BCUT2D eigenvalue weighted by atomic mass is 32.2. The molecule has 1 amide bonds. The van der Waals surface area contributed by atoms with Crippen LogP contribution in [0.1, 0.15) is 10.4 Å². The van der Waals surface area contributed by atoms with E-state index >= 15 is 0 Å². The van der Waals surface area contributed by atoms with Crippen LogP contribution in [0.25, 0.3) is 10.6 Å². The number of hydrogen-bond acceptors (Lipinski definition) is 6. The monoisotopic (exact) mass is 359 g/mol. The van der Waals surface area contributed by atoms with Crippen molar-refractivity contribution in [1.29, 1.82) is 0 Å². The van der Waals surface area contributed by atoms with E-state index in [1.54, 1.807) is 6.07 Å². The van der Waals surface area contributed by atoms with Crippen molar-refractivity contribution in [2.45, 2.75) is 4.90 Å². The van der Waals surface area contributed by atoms with Gasteiger partial charge in [0.2, 0.25) is 5.13 Å². The third kappa shape index (κ3) is 3.66. The van der Waals surface area contributed by atoms with Crippen molar-refractivity contribution in [2.24, 2.45) is 0 Å². The smallest absolute Gasteiger partial charge is 0.257 e. The average Bonchev–Trinajstić information content (AvgIpc) is 3.03. The third-order valence-corrected chi connectivity index (χ3v) is 5.19. The summed E-state index contributed by atoms with van der Waals surface area (Å²) in [5, 5.41) is 11.7. The molecule has 0 aliphatic heterocycles. The lowest BCUT2D eigenvalue weighted by Gasteiger charge is -2.03. The van der Waals surface area contributed by atoms with E-state index < -0.39 is 15.7 Å². The van der Waals surface area contributed by atoms with E-state index in [9.17, 15) is 13.2 Å². The maximum atomic E-state index is 12.3. The van der Waals surface area contributed by atoms with Crippen molar-refractivity contribution in [3.8, 4) is 10.6 Å². The maximum Gasteiger partial charge on any atom is 0.257 e. The van der Waals surface area contributed by atoms with Crippen LogP contribution in [0.5, 0.6) is 0 Å². The van der Waals surface area contributed by atoms with Gasteiger partial charge >= 0.3 is 0 Å². The Morgan fingerprint density at radius 2 is 1.79 bits per heavy atom. The Morgan fingerprint density at radius 1 is 1.04 bits per heavy atom. The van der Waals surface area contributed by atoms with Crippen LogP contribution in [-0.4, -0.2) is 30.8 Å². The second-order valence-electron chi connectivity index (χ2n) is 5.03. The standard InChI is InChI=1S/C16H13N3O3S2/c1-24(21,22)13-9-5-8-12(10-13)14(20)17-16-19-18-15(23-16)11-6-3-2-4-7-11/h2-10H,1H3,(H,17,19,20). The first-order chi connectivity index (χ1) is 11.4. The number of amides is 1. The zero-order valence-electron chi connectivity index (χ0n) is 12.6. The van der Waals surface area contributed by atoms with Crippen LogP contribution in [0.15, 0.2) is 59.5 Å². The Bertz CT molecular complexity index is 983. The molecular formula is C16H13N3O3S2. The summed E-state index contributed by atoms with van der Waals surface area (Å²) in [6.07, 6.45) is 1.10. The molecule has 0 fully saturated rings. The lowest BCUT2D eigenvalue weighted by atomic mass is 10.2. The van der Waals surface area contributed by atoms with Crippen LogP contribution < -0.4 is 5.32 Å². The average molecular weight is 359 g/mol. The van der Waals surface area contributed by atoms with Gasteiger partial charge in [-0.3, -0.25) is 10.1 Å². The first-order valence-electron chi connectivity index (χ1n) is 6.94. The Hall–Kier alpha value is -2.58. The molecule has 0 radical (unpaired) electrons. The molecule has 2 aromatic carbocycles. The molecule has 1 aromatic heterocycles. The highest BCUT2D eigenvalue weighted by molar-refractivity contribution is 7.90. The van der Waals surface area contributed by atoms with Gasteiger partial charge < -0.3 is 0 Å². The molecular weight excluding hydrogens is 346 g/mol. The van der Waals surface area contributed by atoms with Crippen molar-refractivity contribution in [1.82, 2.24) is 10.2 Å². The van der Waals surface area contributed by atoms with Crippen molar-refractivity contribution >= 4 is 32.2 Å². The molecule has 3 rings (SSSR count). The van der Waals surface area contributed by atoms with Gasteiger partial charge in [-0.25, -0.2) is 8.42 Å². The van der Waals surface area contributed by atoms with E-state index in [4.69, 9.17) is 0 Å². The van der Waals surface area contributed by atoms with E-state index in [-0.39, 0.29) is 10.5 Å². The normalized spacial score (nSPS) is 11.2. The quantitative estimate of drug-likeness (QED) is 0.774. The van der Waals surface area contributed by atoms with Gasteiger partial charge in [-0.1, -0.05) is 47.7 Å². The van der Waals surface area contributed by atoms with Gasteiger partial charge in [0, 0.05) is 17.4 Å². The Morgan fingerprint density at radius 3 is 2.50 bits per heavy atom. The van der Waals surface area contributed by atoms with Crippen molar-refractivity contribution < 1.29 is 13.2 Å². The Balaban J connectivity index is 1.80. The predicted molar refractivity (Wildman–Crippen MR) is 92.9 cm³/mol. The molecule has 122 valence electrons. The molecule has 1 N–H and O–H groups in total. The minimum atomic E-state index is -3.37. The van der Waals surface area contributed by atoms with Gasteiger partial charge in [-0.2, -0.15) is 0 Å². The molecule has 8 heteroatoms. The molecule has 0 aliphatic rings. The van der Waals surface area contributed by atoms with E-state index in [2.05, 4.69) is 15.5 Å². The highest BCUT2D eigenvalue weighted by Gasteiger charge is 2.14. The minimum Gasteiger partial charge on any atom is -0.296 e. The summed E-state index contributed by atoms with van der Waals surface area (Å²) in [6.45, 7) is 0. The second-order valence-corrected chi connectivity index (χ2v) is 8.03. The molecule has 0 aliphatic carbocycles.